The van der Waals surface area contributed by atoms with Gasteiger partial charge >= 0.3 is 0 Å². The minimum Gasteiger partial charge on any atom is -0.364 e. The highest BCUT2D eigenvalue weighted by atomic mass is 79.9. The van der Waals surface area contributed by atoms with Gasteiger partial charge in [0, 0.05) is 26.2 Å². The van der Waals surface area contributed by atoms with Gasteiger partial charge in [-0.3, -0.25) is 4.79 Å². The first-order chi connectivity index (χ1) is 9.54. The highest BCUT2D eigenvalue weighted by Gasteiger charge is 2.26. The molecule has 1 aliphatic rings. The van der Waals surface area contributed by atoms with Crippen LogP contribution in [0.25, 0.3) is 0 Å². The third-order valence-corrected chi connectivity index (χ3v) is 4.32. The van der Waals surface area contributed by atoms with Crippen molar-refractivity contribution in [2.45, 2.75) is 19.5 Å². The molecule has 1 fully saturated rings. The van der Waals surface area contributed by atoms with Gasteiger partial charge in [0.1, 0.15) is 4.47 Å². The lowest BCUT2D eigenvalue weighted by molar-refractivity contribution is 0.366. The molecule has 0 radical (unpaired) electrons. The van der Waals surface area contributed by atoms with E-state index < -0.39 is 0 Å². The van der Waals surface area contributed by atoms with Crippen molar-refractivity contribution in [1.29, 1.82) is 0 Å². The van der Waals surface area contributed by atoms with Crippen molar-refractivity contribution >= 4 is 21.6 Å². The fourth-order valence-corrected chi connectivity index (χ4v) is 2.76. The van der Waals surface area contributed by atoms with Crippen molar-refractivity contribution in [2.75, 3.05) is 45.2 Å². The van der Waals surface area contributed by atoms with Gasteiger partial charge in [-0.25, -0.2) is 4.68 Å². The summed E-state index contributed by atoms with van der Waals surface area (Å²) < 4.78 is 2.13. The first-order valence-electron chi connectivity index (χ1n) is 6.92. The van der Waals surface area contributed by atoms with Crippen molar-refractivity contribution in [1.82, 2.24) is 20.0 Å². The summed E-state index contributed by atoms with van der Waals surface area (Å²) >= 11 is 3.45. The standard InChI is InChI=1S/C13H22BrN5O/c1-4-18(10-7-15-8-10)11-9-16-19(6-5-17(2)3)13(20)12(11)14/h9-10,15H,4-8H2,1-3H3. The van der Waals surface area contributed by atoms with Gasteiger partial charge in [0.2, 0.25) is 0 Å². The minimum absolute atomic E-state index is 0.0601. The Balaban J connectivity index is 2.23. The summed E-state index contributed by atoms with van der Waals surface area (Å²) in [4.78, 5) is 16.6. The fraction of sp³-hybridized carbons (Fsp3) is 0.692. The number of anilines is 1. The Kier molecular flexibility index (Phi) is 5.17. The molecule has 0 aliphatic carbocycles. The average Bonchev–Trinajstić information content (AvgIpc) is 2.36. The number of halogens is 1. The van der Waals surface area contributed by atoms with Gasteiger partial charge in [0.05, 0.1) is 24.5 Å². The third kappa shape index (κ3) is 3.21. The van der Waals surface area contributed by atoms with E-state index in [1.807, 2.05) is 19.0 Å². The zero-order valence-electron chi connectivity index (χ0n) is 12.3. The Morgan fingerprint density at radius 3 is 2.70 bits per heavy atom. The first kappa shape index (κ1) is 15.5. The van der Waals surface area contributed by atoms with Gasteiger partial charge in [-0.15, -0.1) is 0 Å². The number of hydrogen-bond donors (Lipinski definition) is 1. The molecule has 2 heterocycles. The van der Waals surface area contributed by atoms with Crippen LogP contribution in [0.5, 0.6) is 0 Å². The zero-order valence-corrected chi connectivity index (χ0v) is 13.9. The van der Waals surface area contributed by atoms with E-state index in [9.17, 15) is 4.79 Å². The van der Waals surface area contributed by atoms with Crippen LogP contribution in [0.4, 0.5) is 5.69 Å². The molecule has 0 aromatic carbocycles. The predicted octanol–water partition coefficient (Wildman–Crippen LogP) is 0.366. The monoisotopic (exact) mass is 343 g/mol. The summed E-state index contributed by atoms with van der Waals surface area (Å²) in [5.74, 6) is 0. The molecule has 0 saturated carbocycles. The Bertz CT molecular complexity index is 512. The molecule has 7 heteroatoms. The molecule has 0 atom stereocenters. The largest absolute Gasteiger partial charge is 0.364 e. The normalized spacial score (nSPS) is 15.4. The summed E-state index contributed by atoms with van der Waals surface area (Å²) in [6, 6.07) is 0.454. The van der Waals surface area contributed by atoms with Gasteiger partial charge < -0.3 is 15.1 Å². The molecular weight excluding hydrogens is 322 g/mol. The highest BCUT2D eigenvalue weighted by Crippen LogP contribution is 2.24. The molecule has 1 aliphatic heterocycles. The Morgan fingerprint density at radius 2 is 2.20 bits per heavy atom. The van der Waals surface area contributed by atoms with E-state index in [2.05, 4.69) is 38.2 Å². The van der Waals surface area contributed by atoms with Gasteiger partial charge in [-0.1, -0.05) is 0 Å². The molecule has 20 heavy (non-hydrogen) atoms. The van der Waals surface area contributed by atoms with Crippen LogP contribution >= 0.6 is 15.9 Å². The Labute approximate surface area is 127 Å². The number of likely N-dealkylation sites (N-methyl/N-ethyl adjacent to an activating group) is 2. The number of hydrogen-bond acceptors (Lipinski definition) is 5. The van der Waals surface area contributed by atoms with E-state index in [1.165, 1.54) is 4.68 Å². The number of nitrogens with zero attached hydrogens (tertiary/aromatic N) is 4. The van der Waals surface area contributed by atoms with Crippen molar-refractivity contribution in [2.24, 2.45) is 0 Å². The second-order valence-electron chi connectivity index (χ2n) is 5.27. The minimum atomic E-state index is -0.0601. The second-order valence-corrected chi connectivity index (χ2v) is 6.07. The van der Waals surface area contributed by atoms with Crippen molar-refractivity contribution in [3.63, 3.8) is 0 Å². The van der Waals surface area contributed by atoms with E-state index in [4.69, 9.17) is 0 Å². The number of rotatable bonds is 6. The molecular formula is C13H22BrN5O. The van der Waals surface area contributed by atoms with Gasteiger partial charge in [-0.05, 0) is 36.9 Å². The Hall–Kier alpha value is -0.920. The SMILES string of the molecule is CCN(c1cnn(CCN(C)C)c(=O)c1Br)C1CNC1. The number of aromatic nitrogens is 2. The molecule has 1 aromatic heterocycles. The zero-order chi connectivity index (χ0) is 14.7. The molecule has 0 unspecified atom stereocenters. The molecule has 6 nitrogen and oxygen atoms in total. The third-order valence-electron chi connectivity index (χ3n) is 3.58. The number of nitrogens with one attached hydrogen (secondary N) is 1. The molecule has 1 aromatic rings. The maximum atomic E-state index is 12.3. The molecule has 0 bridgehead atoms. The maximum Gasteiger partial charge on any atom is 0.283 e. The van der Waals surface area contributed by atoms with E-state index in [0.29, 0.717) is 17.1 Å². The Morgan fingerprint density at radius 1 is 1.50 bits per heavy atom. The first-order valence-corrected chi connectivity index (χ1v) is 7.71. The summed E-state index contributed by atoms with van der Waals surface area (Å²) in [6.07, 6.45) is 1.79. The van der Waals surface area contributed by atoms with Crippen molar-refractivity contribution in [3.05, 3.63) is 21.0 Å². The van der Waals surface area contributed by atoms with Crippen molar-refractivity contribution in [3.8, 4) is 0 Å². The van der Waals surface area contributed by atoms with Crippen LogP contribution in [-0.2, 0) is 6.54 Å². The maximum absolute atomic E-state index is 12.3. The van der Waals surface area contributed by atoms with E-state index in [0.717, 1.165) is 31.9 Å². The summed E-state index contributed by atoms with van der Waals surface area (Å²) in [5.41, 5.74) is 0.834. The fourth-order valence-electron chi connectivity index (χ4n) is 2.23. The lowest BCUT2D eigenvalue weighted by Crippen LogP contribution is -2.57. The van der Waals surface area contributed by atoms with Crippen LogP contribution in [0, 0.1) is 0 Å². The second kappa shape index (κ2) is 6.69. The van der Waals surface area contributed by atoms with E-state index in [-0.39, 0.29) is 5.56 Å². The summed E-state index contributed by atoms with van der Waals surface area (Å²) in [5, 5.41) is 7.56. The van der Waals surface area contributed by atoms with Gasteiger partial charge in [-0.2, -0.15) is 5.10 Å². The molecule has 1 saturated heterocycles. The molecule has 0 spiro atoms. The molecule has 1 N–H and O–H groups in total. The van der Waals surface area contributed by atoms with Crippen LogP contribution in [0.3, 0.4) is 0 Å². The quantitative estimate of drug-likeness (QED) is 0.808. The molecule has 0 amide bonds. The van der Waals surface area contributed by atoms with Crippen molar-refractivity contribution < 1.29 is 0 Å². The topological polar surface area (TPSA) is 53.4 Å². The van der Waals surface area contributed by atoms with Crippen LogP contribution in [-0.4, -0.2) is 61.0 Å². The summed E-state index contributed by atoms with van der Waals surface area (Å²) in [7, 11) is 3.97. The molecule has 112 valence electrons. The average molecular weight is 344 g/mol. The van der Waals surface area contributed by atoms with Crippen LogP contribution in [0.1, 0.15) is 6.92 Å². The van der Waals surface area contributed by atoms with Gasteiger partial charge in [0.15, 0.2) is 0 Å². The lowest BCUT2D eigenvalue weighted by atomic mass is 10.1. The predicted molar refractivity (Wildman–Crippen MR) is 84.4 cm³/mol. The van der Waals surface area contributed by atoms with E-state index in [1.54, 1.807) is 6.20 Å². The van der Waals surface area contributed by atoms with Crippen LogP contribution in [0.2, 0.25) is 0 Å². The van der Waals surface area contributed by atoms with Crippen LogP contribution in [0.15, 0.2) is 15.5 Å². The smallest absolute Gasteiger partial charge is 0.283 e. The molecule has 2 rings (SSSR count). The van der Waals surface area contributed by atoms with Crippen LogP contribution < -0.4 is 15.8 Å². The van der Waals surface area contributed by atoms with Gasteiger partial charge in [0.25, 0.3) is 5.56 Å². The summed E-state index contributed by atoms with van der Waals surface area (Å²) in [6.45, 7) is 6.29. The lowest BCUT2D eigenvalue weighted by Gasteiger charge is -2.39. The highest BCUT2D eigenvalue weighted by molar-refractivity contribution is 9.10. The van der Waals surface area contributed by atoms with E-state index >= 15 is 0 Å².